The van der Waals surface area contributed by atoms with Crippen molar-refractivity contribution < 1.29 is 9.32 Å². The van der Waals surface area contributed by atoms with E-state index in [-0.39, 0.29) is 11.9 Å². The number of amides is 1. The summed E-state index contributed by atoms with van der Waals surface area (Å²) in [7, 11) is 0. The molecule has 0 aromatic carbocycles. The monoisotopic (exact) mass is 209 g/mol. The lowest BCUT2D eigenvalue weighted by Gasteiger charge is -2.23. The van der Waals surface area contributed by atoms with Gasteiger partial charge in [-0.3, -0.25) is 4.79 Å². The largest absolute Gasteiger partial charge is 0.361 e. The van der Waals surface area contributed by atoms with E-state index in [4.69, 9.17) is 4.52 Å². The molecule has 1 aromatic heterocycles. The maximum absolute atomic E-state index is 11.7. The zero-order valence-electron chi connectivity index (χ0n) is 8.75. The van der Waals surface area contributed by atoms with Crippen molar-refractivity contribution in [3.05, 3.63) is 17.5 Å². The number of rotatable bonds is 2. The molecule has 1 aromatic rings. The number of nitrogens with one attached hydrogen (secondary N) is 2. The minimum absolute atomic E-state index is 0.152. The Kier molecular flexibility index (Phi) is 3.01. The molecule has 1 saturated heterocycles. The molecule has 1 fully saturated rings. The van der Waals surface area contributed by atoms with E-state index in [9.17, 15) is 4.79 Å². The third-order valence-electron chi connectivity index (χ3n) is 2.49. The van der Waals surface area contributed by atoms with Gasteiger partial charge < -0.3 is 15.2 Å². The molecule has 0 bridgehead atoms. The Hall–Kier alpha value is -1.36. The number of nitrogens with zero attached hydrogens (tertiary/aromatic N) is 1. The van der Waals surface area contributed by atoms with Crippen LogP contribution in [0.2, 0.25) is 0 Å². The second-order valence-corrected chi connectivity index (χ2v) is 3.84. The molecule has 5 heteroatoms. The van der Waals surface area contributed by atoms with E-state index in [0.29, 0.717) is 11.5 Å². The molecule has 2 heterocycles. The smallest absolute Gasteiger partial charge is 0.273 e. The van der Waals surface area contributed by atoms with Crippen LogP contribution in [-0.2, 0) is 0 Å². The zero-order valence-corrected chi connectivity index (χ0v) is 8.75. The Bertz CT molecular complexity index is 342. The van der Waals surface area contributed by atoms with Crippen LogP contribution in [0.25, 0.3) is 0 Å². The number of hydrogen-bond acceptors (Lipinski definition) is 4. The summed E-state index contributed by atoms with van der Waals surface area (Å²) < 4.78 is 4.85. The third kappa shape index (κ3) is 2.56. The van der Waals surface area contributed by atoms with Crippen LogP contribution < -0.4 is 10.6 Å². The van der Waals surface area contributed by atoms with Crippen LogP contribution in [0.5, 0.6) is 0 Å². The Morgan fingerprint density at radius 1 is 1.73 bits per heavy atom. The summed E-state index contributed by atoms with van der Waals surface area (Å²) in [6.07, 6.45) is 2.12. The van der Waals surface area contributed by atoms with Crippen molar-refractivity contribution in [2.75, 3.05) is 13.1 Å². The maximum atomic E-state index is 11.7. The van der Waals surface area contributed by atoms with Crippen LogP contribution in [0.3, 0.4) is 0 Å². The molecule has 2 N–H and O–H groups in total. The van der Waals surface area contributed by atoms with Crippen molar-refractivity contribution in [1.29, 1.82) is 0 Å². The molecule has 82 valence electrons. The maximum Gasteiger partial charge on any atom is 0.273 e. The van der Waals surface area contributed by atoms with E-state index >= 15 is 0 Å². The average Bonchev–Trinajstić information content (AvgIpc) is 2.66. The second-order valence-electron chi connectivity index (χ2n) is 3.84. The first-order valence-corrected chi connectivity index (χ1v) is 5.20. The van der Waals surface area contributed by atoms with Crippen LogP contribution in [-0.4, -0.2) is 30.2 Å². The molecule has 1 unspecified atom stereocenters. The quantitative estimate of drug-likeness (QED) is 0.742. The summed E-state index contributed by atoms with van der Waals surface area (Å²) in [5.74, 6) is 0.502. The summed E-state index contributed by atoms with van der Waals surface area (Å²) in [4.78, 5) is 11.7. The highest BCUT2D eigenvalue weighted by atomic mass is 16.5. The minimum atomic E-state index is -0.152. The van der Waals surface area contributed by atoms with E-state index < -0.39 is 0 Å². The van der Waals surface area contributed by atoms with Gasteiger partial charge in [0.15, 0.2) is 5.69 Å². The lowest BCUT2D eigenvalue weighted by Crippen LogP contribution is -2.45. The van der Waals surface area contributed by atoms with Gasteiger partial charge in [0.05, 0.1) is 0 Å². The molecule has 0 spiro atoms. The molecule has 1 amide bonds. The highest BCUT2D eigenvalue weighted by Crippen LogP contribution is 2.05. The molecule has 0 saturated carbocycles. The number of piperidine rings is 1. The van der Waals surface area contributed by atoms with E-state index in [1.54, 1.807) is 13.0 Å². The molecule has 2 rings (SSSR count). The van der Waals surface area contributed by atoms with Gasteiger partial charge in [0, 0.05) is 18.7 Å². The first-order valence-electron chi connectivity index (χ1n) is 5.20. The normalized spacial score (nSPS) is 21.3. The predicted molar refractivity (Wildman–Crippen MR) is 54.6 cm³/mol. The lowest BCUT2D eigenvalue weighted by atomic mass is 10.1. The Morgan fingerprint density at radius 3 is 3.20 bits per heavy atom. The average molecular weight is 209 g/mol. The van der Waals surface area contributed by atoms with Crippen molar-refractivity contribution >= 4 is 5.91 Å². The van der Waals surface area contributed by atoms with Crippen LogP contribution in [0.1, 0.15) is 29.1 Å². The van der Waals surface area contributed by atoms with Gasteiger partial charge in [0.2, 0.25) is 0 Å². The van der Waals surface area contributed by atoms with E-state index in [2.05, 4.69) is 15.8 Å². The number of hydrogen-bond donors (Lipinski definition) is 2. The predicted octanol–water partition coefficient (Wildman–Crippen LogP) is 0.465. The first kappa shape index (κ1) is 10.2. The fourth-order valence-corrected chi connectivity index (χ4v) is 1.71. The van der Waals surface area contributed by atoms with E-state index in [1.165, 1.54) is 0 Å². The Labute approximate surface area is 88.2 Å². The SMILES string of the molecule is Cc1cc(C(=O)NC2CCCNC2)no1. The fourth-order valence-electron chi connectivity index (χ4n) is 1.71. The Morgan fingerprint density at radius 2 is 2.60 bits per heavy atom. The minimum Gasteiger partial charge on any atom is -0.361 e. The summed E-state index contributed by atoms with van der Waals surface area (Å²) in [5, 5.41) is 9.84. The molecule has 0 aliphatic carbocycles. The summed E-state index contributed by atoms with van der Waals surface area (Å²) in [6, 6.07) is 1.86. The van der Waals surface area contributed by atoms with Crippen molar-refractivity contribution in [2.24, 2.45) is 0 Å². The number of aryl methyl sites for hydroxylation is 1. The van der Waals surface area contributed by atoms with Gasteiger partial charge in [-0.1, -0.05) is 5.16 Å². The lowest BCUT2D eigenvalue weighted by molar-refractivity contribution is 0.0921. The fraction of sp³-hybridized carbons (Fsp3) is 0.600. The van der Waals surface area contributed by atoms with Gasteiger partial charge in [0.1, 0.15) is 5.76 Å². The second kappa shape index (κ2) is 4.44. The molecule has 1 aliphatic heterocycles. The highest BCUT2D eigenvalue weighted by Gasteiger charge is 2.18. The van der Waals surface area contributed by atoms with Crippen molar-refractivity contribution in [3.63, 3.8) is 0 Å². The number of aromatic nitrogens is 1. The topological polar surface area (TPSA) is 67.2 Å². The molecule has 5 nitrogen and oxygen atoms in total. The molecule has 1 aliphatic rings. The van der Waals surface area contributed by atoms with Crippen molar-refractivity contribution in [3.8, 4) is 0 Å². The van der Waals surface area contributed by atoms with Crippen LogP contribution in [0.15, 0.2) is 10.6 Å². The van der Waals surface area contributed by atoms with Crippen molar-refractivity contribution in [1.82, 2.24) is 15.8 Å². The van der Waals surface area contributed by atoms with Crippen LogP contribution in [0.4, 0.5) is 0 Å². The van der Waals surface area contributed by atoms with Crippen LogP contribution >= 0.6 is 0 Å². The zero-order chi connectivity index (χ0) is 10.7. The van der Waals surface area contributed by atoms with Gasteiger partial charge >= 0.3 is 0 Å². The molecule has 1 atom stereocenters. The third-order valence-corrected chi connectivity index (χ3v) is 2.49. The van der Waals surface area contributed by atoms with Crippen molar-refractivity contribution in [2.45, 2.75) is 25.8 Å². The molecule has 15 heavy (non-hydrogen) atoms. The first-order chi connectivity index (χ1) is 7.25. The van der Waals surface area contributed by atoms with Gasteiger partial charge in [-0.15, -0.1) is 0 Å². The molecule has 0 radical (unpaired) electrons. The highest BCUT2D eigenvalue weighted by molar-refractivity contribution is 5.92. The van der Waals surface area contributed by atoms with E-state index in [1.807, 2.05) is 0 Å². The summed E-state index contributed by atoms with van der Waals surface area (Å²) in [6.45, 7) is 3.64. The number of carbonyl (C=O) groups is 1. The van der Waals surface area contributed by atoms with Crippen LogP contribution in [0, 0.1) is 6.92 Å². The summed E-state index contributed by atoms with van der Waals surface area (Å²) >= 11 is 0. The molecular formula is C10H15N3O2. The standard InChI is InChI=1S/C10H15N3O2/c1-7-5-9(13-15-7)10(14)12-8-3-2-4-11-6-8/h5,8,11H,2-4,6H2,1H3,(H,12,14). The number of carbonyl (C=O) groups excluding carboxylic acids is 1. The Balaban J connectivity index is 1.91. The van der Waals surface area contributed by atoms with Gasteiger partial charge in [-0.2, -0.15) is 0 Å². The van der Waals surface area contributed by atoms with Gasteiger partial charge in [-0.25, -0.2) is 0 Å². The van der Waals surface area contributed by atoms with Gasteiger partial charge in [0.25, 0.3) is 5.91 Å². The summed E-state index contributed by atoms with van der Waals surface area (Å²) in [5.41, 5.74) is 0.359. The van der Waals surface area contributed by atoms with Gasteiger partial charge in [-0.05, 0) is 26.3 Å². The molecular weight excluding hydrogens is 194 g/mol. The van der Waals surface area contributed by atoms with E-state index in [0.717, 1.165) is 25.9 Å².